The number of nitrogens with zero attached hydrogens (tertiary/aromatic N) is 1. The van der Waals surface area contributed by atoms with E-state index in [2.05, 4.69) is 56.8 Å². The van der Waals surface area contributed by atoms with Crippen molar-refractivity contribution in [2.45, 2.75) is 13.1 Å². The standard InChI is InChI=1S/C11H12BrNS2/c1-13(6-9-4-5-14-8-9)7-10-2-3-11(12)15-10/h2-5,8H,6-7H2,1H3. The molecule has 0 atom stereocenters. The lowest BCUT2D eigenvalue weighted by Gasteiger charge is -2.14. The van der Waals surface area contributed by atoms with Crippen molar-refractivity contribution >= 4 is 38.6 Å². The first-order chi connectivity index (χ1) is 7.24. The molecule has 0 saturated heterocycles. The van der Waals surface area contributed by atoms with Crippen LogP contribution >= 0.6 is 38.6 Å². The third-order valence-corrected chi connectivity index (χ3v) is 4.43. The zero-order valence-corrected chi connectivity index (χ0v) is 11.7. The van der Waals surface area contributed by atoms with Crippen molar-refractivity contribution in [1.29, 1.82) is 0 Å². The molecule has 0 spiro atoms. The summed E-state index contributed by atoms with van der Waals surface area (Å²) in [7, 11) is 2.16. The Kier molecular flexibility index (Phi) is 3.97. The Morgan fingerprint density at radius 2 is 2.13 bits per heavy atom. The van der Waals surface area contributed by atoms with Crippen LogP contribution in [0, 0.1) is 0 Å². The van der Waals surface area contributed by atoms with Gasteiger partial charge in [-0.05, 0) is 57.5 Å². The van der Waals surface area contributed by atoms with Crippen LogP contribution in [0.5, 0.6) is 0 Å². The first-order valence-electron chi connectivity index (χ1n) is 4.68. The Morgan fingerprint density at radius 3 is 2.73 bits per heavy atom. The van der Waals surface area contributed by atoms with Gasteiger partial charge >= 0.3 is 0 Å². The molecule has 0 bridgehead atoms. The molecule has 15 heavy (non-hydrogen) atoms. The fourth-order valence-electron chi connectivity index (χ4n) is 1.45. The lowest BCUT2D eigenvalue weighted by atomic mass is 10.3. The molecule has 0 fully saturated rings. The first-order valence-corrected chi connectivity index (χ1v) is 7.23. The Hall–Kier alpha value is -0.160. The normalized spacial score (nSPS) is 11.1. The van der Waals surface area contributed by atoms with Crippen molar-refractivity contribution in [3.8, 4) is 0 Å². The van der Waals surface area contributed by atoms with Crippen LogP contribution in [-0.2, 0) is 13.1 Å². The lowest BCUT2D eigenvalue weighted by molar-refractivity contribution is 0.322. The molecule has 0 amide bonds. The van der Waals surface area contributed by atoms with Gasteiger partial charge in [-0.3, -0.25) is 4.90 Å². The fourth-order valence-corrected chi connectivity index (χ4v) is 3.68. The van der Waals surface area contributed by atoms with Gasteiger partial charge in [0.1, 0.15) is 0 Å². The van der Waals surface area contributed by atoms with E-state index >= 15 is 0 Å². The maximum Gasteiger partial charge on any atom is 0.0701 e. The molecular weight excluding hydrogens is 290 g/mol. The summed E-state index contributed by atoms with van der Waals surface area (Å²) >= 11 is 7.05. The third-order valence-electron chi connectivity index (χ3n) is 2.09. The van der Waals surface area contributed by atoms with Gasteiger partial charge in [-0.25, -0.2) is 0 Å². The van der Waals surface area contributed by atoms with Crippen LogP contribution in [0.25, 0.3) is 0 Å². The van der Waals surface area contributed by atoms with Gasteiger partial charge in [0, 0.05) is 18.0 Å². The molecule has 0 N–H and O–H groups in total. The van der Waals surface area contributed by atoms with Gasteiger partial charge in [0.05, 0.1) is 3.79 Å². The van der Waals surface area contributed by atoms with Gasteiger partial charge in [-0.2, -0.15) is 11.3 Å². The number of rotatable bonds is 4. The van der Waals surface area contributed by atoms with E-state index in [4.69, 9.17) is 0 Å². The van der Waals surface area contributed by atoms with E-state index in [1.54, 1.807) is 22.7 Å². The molecule has 1 nitrogen and oxygen atoms in total. The second-order valence-electron chi connectivity index (χ2n) is 3.51. The molecule has 2 rings (SSSR count). The highest BCUT2D eigenvalue weighted by Crippen LogP contribution is 2.23. The highest BCUT2D eigenvalue weighted by molar-refractivity contribution is 9.11. The summed E-state index contributed by atoms with van der Waals surface area (Å²) in [5, 5.41) is 4.34. The Balaban J connectivity index is 1.90. The van der Waals surface area contributed by atoms with Gasteiger partial charge < -0.3 is 0 Å². The molecule has 2 heterocycles. The monoisotopic (exact) mass is 301 g/mol. The molecule has 80 valence electrons. The predicted octanol–water partition coefficient (Wildman–Crippen LogP) is 4.20. The second kappa shape index (κ2) is 5.25. The maximum atomic E-state index is 3.48. The zero-order chi connectivity index (χ0) is 10.7. The van der Waals surface area contributed by atoms with Gasteiger partial charge in [0.15, 0.2) is 0 Å². The van der Waals surface area contributed by atoms with E-state index in [9.17, 15) is 0 Å². The summed E-state index contributed by atoms with van der Waals surface area (Å²) in [6, 6.07) is 6.48. The third kappa shape index (κ3) is 3.41. The van der Waals surface area contributed by atoms with E-state index < -0.39 is 0 Å². The number of hydrogen-bond donors (Lipinski definition) is 0. The highest BCUT2D eigenvalue weighted by atomic mass is 79.9. The van der Waals surface area contributed by atoms with Crippen molar-refractivity contribution in [1.82, 2.24) is 4.90 Å². The average molecular weight is 302 g/mol. The SMILES string of the molecule is CN(Cc1ccsc1)Cc1ccc(Br)s1. The molecule has 4 heteroatoms. The largest absolute Gasteiger partial charge is 0.297 e. The molecule has 0 unspecified atom stereocenters. The van der Waals surface area contributed by atoms with E-state index in [-0.39, 0.29) is 0 Å². The summed E-state index contributed by atoms with van der Waals surface area (Å²) in [6.45, 7) is 2.05. The van der Waals surface area contributed by atoms with Crippen LogP contribution in [0.3, 0.4) is 0 Å². The number of hydrogen-bond acceptors (Lipinski definition) is 3. The Bertz CT molecular complexity index is 408. The Morgan fingerprint density at radius 1 is 1.27 bits per heavy atom. The molecule has 0 aromatic carbocycles. The lowest BCUT2D eigenvalue weighted by Crippen LogP contribution is -2.15. The smallest absolute Gasteiger partial charge is 0.0701 e. The van der Waals surface area contributed by atoms with Crippen LogP contribution in [0.2, 0.25) is 0 Å². The zero-order valence-electron chi connectivity index (χ0n) is 8.44. The summed E-state index contributed by atoms with van der Waals surface area (Å²) < 4.78 is 1.21. The van der Waals surface area contributed by atoms with Crippen molar-refractivity contribution in [2.24, 2.45) is 0 Å². The summed E-state index contributed by atoms with van der Waals surface area (Å²) in [6.07, 6.45) is 0. The van der Waals surface area contributed by atoms with Gasteiger partial charge in [0.25, 0.3) is 0 Å². The topological polar surface area (TPSA) is 3.24 Å². The quantitative estimate of drug-likeness (QED) is 0.818. The van der Waals surface area contributed by atoms with Crippen LogP contribution in [0.15, 0.2) is 32.7 Å². The molecular formula is C11H12BrNS2. The first kappa shape index (κ1) is 11.3. The fraction of sp³-hybridized carbons (Fsp3) is 0.273. The van der Waals surface area contributed by atoms with Crippen LogP contribution in [-0.4, -0.2) is 11.9 Å². The minimum absolute atomic E-state index is 1.02. The molecule has 0 aliphatic heterocycles. The van der Waals surface area contributed by atoms with Crippen molar-refractivity contribution in [2.75, 3.05) is 7.05 Å². The number of halogens is 1. The van der Waals surface area contributed by atoms with E-state index in [0.29, 0.717) is 0 Å². The van der Waals surface area contributed by atoms with E-state index in [1.165, 1.54) is 14.2 Å². The van der Waals surface area contributed by atoms with Crippen LogP contribution in [0.1, 0.15) is 10.4 Å². The maximum absolute atomic E-state index is 3.48. The van der Waals surface area contributed by atoms with Crippen molar-refractivity contribution in [3.63, 3.8) is 0 Å². The number of thiophene rings is 2. The predicted molar refractivity (Wildman–Crippen MR) is 71.5 cm³/mol. The van der Waals surface area contributed by atoms with Gasteiger partial charge in [-0.1, -0.05) is 0 Å². The van der Waals surface area contributed by atoms with Crippen LogP contribution in [0.4, 0.5) is 0 Å². The van der Waals surface area contributed by atoms with Crippen molar-refractivity contribution in [3.05, 3.63) is 43.2 Å². The molecule has 0 aliphatic carbocycles. The molecule has 2 aromatic heterocycles. The Labute approximate surface area is 106 Å². The molecule has 0 radical (unpaired) electrons. The van der Waals surface area contributed by atoms with E-state index in [1.807, 2.05) is 0 Å². The molecule has 2 aromatic rings. The van der Waals surface area contributed by atoms with Gasteiger partial charge in [-0.15, -0.1) is 11.3 Å². The van der Waals surface area contributed by atoms with Crippen LogP contribution < -0.4 is 0 Å². The molecule has 0 aliphatic rings. The second-order valence-corrected chi connectivity index (χ2v) is 6.84. The van der Waals surface area contributed by atoms with Gasteiger partial charge in [0.2, 0.25) is 0 Å². The highest BCUT2D eigenvalue weighted by Gasteiger charge is 2.04. The average Bonchev–Trinajstić information content (AvgIpc) is 2.77. The van der Waals surface area contributed by atoms with E-state index in [0.717, 1.165) is 13.1 Å². The minimum Gasteiger partial charge on any atom is -0.297 e. The summed E-state index contributed by atoms with van der Waals surface area (Å²) in [4.78, 5) is 3.74. The molecule has 0 saturated carbocycles. The minimum atomic E-state index is 1.02. The summed E-state index contributed by atoms with van der Waals surface area (Å²) in [5.41, 5.74) is 1.40. The summed E-state index contributed by atoms with van der Waals surface area (Å²) in [5.74, 6) is 0. The van der Waals surface area contributed by atoms with Crippen molar-refractivity contribution < 1.29 is 0 Å².